The van der Waals surface area contributed by atoms with Gasteiger partial charge in [0.1, 0.15) is 5.76 Å². The molecule has 287 valence electrons. The van der Waals surface area contributed by atoms with Gasteiger partial charge in [-0.05, 0) is 85.1 Å². The second-order valence-corrected chi connectivity index (χ2v) is 18.6. The number of fused-ring (bicyclic) bond motifs is 4. The molecular formula is C48H62IrNO2S-. The number of aliphatic hydroxyl groups excluding tert-OH is 1. The van der Waals surface area contributed by atoms with E-state index in [2.05, 4.69) is 95.3 Å². The molecule has 3 aromatic carbocycles. The van der Waals surface area contributed by atoms with Crippen LogP contribution >= 0.6 is 11.3 Å². The van der Waals surface area contributed by atoms with E-state index < -0.39 is 0 Å². The maximum atomic E-state index is 12.2. The number of carbonyl (C=O) groups excluding carboxylic acids is 1. The SMILES string of the molecule is CC1(C)CCC(c2cccc3c2sc2c(-c4[c-]c5ccccc5c(C(C)(C)C)c4)nccc23)CC1.CCC(C)(CC)C(=O)/C=C(\O)C(C)(CC)CC.[Ir]. The number of allylic oxidation sites excluding steroid dienone is 2. The monoisotopic (exact) mass is 909 g/mol. The van der Waals surface area contributed by atoms with Crippen LogP contribution in [-0.4, -0.2) is 15.9 Å². The Morgan fingerprint density at radius 1 is 0.849 bits per heavy atom. The summed E-state index contributed by atoms with van der Waals surface area (Å²) in [7, 11) is 0. The van der Waals surface area contributed by atoms with Crippen LogP contribution in [0, 0.1) is 22.3 Å². The molecule has 2 heterocycles. The van der Waals surface area contributed by atoms with Crippen LogP contribution in [0.5, 0.6) is 0 Å². The molecule has 5 aromatic rings. The molecule has 1 aliphatic rings. The van der Waals surface area contributed by atoms with E-state index >= 15 is 0 Å². The first kappa shape index (κ1) is 42.9. The quantitative estimate of drug-likeness (QED) is 0.0911. The van der Waals surface area contributed by atoms with Gasteiger partial charge < -0.3 is 5.11 Å². The van der Waals surface area contributed by atoms with Crippen LogP contribution in [0.4, 0.5) is 0 Å². The average Bonchev–Trinajstić information content (AvgIpc) is 3.53. The van der Waals surface area contributed by atoms with Gasteiger partial charge in [0, 0.05) is 63.7 Å². The zero-order valence-electron chi connectivity index (χ0n) is 34.1. The van der Waals surface area contributed by atoms with E-state index in [0.717, 1.165) is 36.9 Å². The Balaban J connectivity index is 0.000000299. The van der Waals surface area contributed by atoms with E-state index in [0.29, 0.717) is 11.3 Å². The van der Waals surface area contributed by atoms with Crippen LogP contribution in [0.25, 0.3) is 42.2 Å². The van der Waals surface area contributed by atoms with Crippen molar-refractivity contribution < 1.29 is 30.0 Å². The second-order valence-electron chi connectivity index (χ2n) is 17.6. The molecule has 1 saturated carbocycles. The second kappa shape index (κ2) is 16.9. The summed E-state index contributed by atoms with van der Waals surface area (Å²) < 4.78 is 2.75. The molecule has 1 fully saturated rings. The van der Waals surface area contributed by atoms with Gasteiger partial charge in [0.15, 0.2) is 5.78 Å². The number of rotatable bonds is 9. The molecule has 0 aliphatic heterocycles. The van der Waals surface area contributed by atoms with Crippen molar-refractivity contribution in [3.63, 3.8) is 0 Å². The number of benzene rings is 3. The molecule has 5 heteroatoms. The minimum Gasteiger partial charge on any atom is -0.512 e. The van der Waals surface area contributed by atoms with E-state index in [-0.39, 0.29) is 47.9 Å². The Labute approximate surface area is 337 Å². The van der Waals surface area contributed by atoms with Gasteiger partial charge in [-0.15, -0.1) is 40.5 Å². The van der Waals surface area contributed by atoms with Crippen molar-refractivity contribution in [2.45, 2.75) is 139 Å². The van der Waals surface area contributed by atoms with Gasteiger partial charge in [0.2, 0.25) is 0 Å². The van der Waals surface area contributed by atoms with Gasteiger partial charge in [0.05, 0.1) is 0 Å². The number of aromatic nitrogens is 1. The number of hydrogen-bond acceptors (Lipinski definition) is 4. The molecule has 1 N–H and O–H groups in total. The van der Waals surface area contributed by atoms with Crippen LogP contribution < -0.4 is 0 Å². The fraction of sp³-hybridized carbons (Fsp3) is 0.500. The number of hydrogen-bond donors (Lipinski definition) is 1. The first-order valence-electron chi connectivity index (χ1n) is 19.7. The molecule has 53 heavy (non-hydrogen) atoms. The van der Waals surface area contributed by atoms with Gasteiger partial charge in [-0.1, -0.05) is 124 Å². The molecule has 3 nitrogen and oxygen atoms in total. The summed E-state index contributed by atoms with van der Waals surface area (Å²) in [5.41, 5.74) is 4.99. The molecule has 0 saturated heterocycles. The summed E-state index contributed by atoms with van der Waals surface area (Å²) in [6.45, 7) is 23.8. The molecule has 0 spiro atoms. The van der Waals surface area contributed by atoms with Gasteiger partial charge >= 0.3 is 0 Å². The fourth-order valence-corrected chi connectivity index (χ4v) is 9.02. The van der Waals surface area contributed by atoms with Crippen molar-refractivity contribution in [2.24, 2.45) is 16.2 Å². The van der Waals surface area contributed by atoms with Gasteiger partial charge in [-0.2, -0.15) is 0 Å². The molecule has 2 aromatic heterocycles. The van der Waals surface area contributed by atoms with Crippen LogP contribution in [0.1, 0.15) is 145 Å². The predicted molar refractivity (Wildman–Crippen MR) is 226 cm³/mol. The zero-order valence-corrected chi connectivity index (χ0v) is 37.3. The van der Waals surface area contributed by atoms with Gasteiger partial charge in [-0.25, -0.2) is 0 Å². The number of aliphatic hydroxyl groups is 1. The Morgan fingerprint density at radius 3 is 2.04 bits per heavy atom. The first-order valence-corrected chi connectivity index (χ1v) is 20.5. The number of pyridine rings is 1. The number of thiophene rings is 1. The Morgan fingerprint density at radius 2 is 1.43 bits per heavy atom. The molecule has 6 rings (SSSR count). The summed E-state index contributed by atoms with van der Waals surface area (Å²) >= 11 is 1.94. The Kier molecular flexibility index (Phi) is 13.7. The topological polar surface area (TPSA) is 50.2 Å². The van der Waals surface area contributed by atoms with E-state index in [4.69, 9.17) is 4.98 Å². The molecule has 1 aliphatic carbocycles. The van der Waals surface area contributed by atoms with E-state index in [1.807, 2.05) is 59.1 Å². The van der Waals surface area contributed by atoms with E-state index in [1.54, 1.807) is 5.56 Å². The molecular weight excluding hydrogens is 847 g/mol. The number of carbonyl (C=O) groups is 1. The molecule has 1 radical (unpaired) electrons. The van der Waals surface area contributed by atoms with Crippen LogP contribution in [0.2, 0.25) is 0 Å². The average molecular weight is 909 g/mol. The van der Waals surface area contributed by atoms with Crippen molar-refractivity contribution in [3.8, 4) is 11.3 Å². The van der Waals surface area contributed by atoms with Crippen molar-refractivity contribution in [1.82, 2.24) is 4.98 Å². The minimum atomic E-state index is -0.337. The van der Waals surface area contributed by atoms with E-state index in [1.165, 1.54) is 68.3 Å². The molecule has 0 atom stereocenters. The third-order valence-corrected chi connectivity index (χ3v) is 13.9. The number of ketones is 1. The fourth-order valence-electron chi connectivity index (χ4n) is 7.63. The summed E-state index contributed by atoms with van der Waals surface area (Å²) in [5, 5.41) is 15.3. The first-order chi connectivity index (χ1) is 24.5. The minimum absolute atomic E-state index is 0. The smallest absolute Gasteiger partial charge is 0.164 e. The standard InChI is InChI=1S/C33H34NS.C15H28O2.Ir/c1-32(2,3)28-20-23(19-22-9-6-7-10-24(22)28)29-31-27(15-18-34-29)26-12-8-11-25(30(26)35-31)21-13-16-33(4,5)17-14-21;1-7-14(5,8-2)12(16)11-13(17)15(6,9-3)10-4;/h6-12,15,18,20-21H,13-14,16-17H2,1-5H3;11,16H,7-10H2,1-6H3;/q-1;;/b;12-11-;. The largest absolute Gasteiger partial charge is 0.512 e. The normalized spacial score (nSPS) is 15.6. The molecule has 0 amide bonds. The van der Waals surface area contributed by atoms with Crippen molar-refractivity contribution in [3.05, 3.63) is 89.8 Å². The summed E-state index contributed by atoms with van der Waals surface area (Å²) in [4.78, 5) is 17.1. The summed E-state index contributed by atoms with van der Waals surface area (Å²) in [6, 6.07) is 23.9. The summed E-state index contributed by atoms with van der Waals surface area (Å²) in [6.07, 6.45) is 11.9. The third kappa shape index (κ3) is 9.01. The molecule has 0 bridgehead atoms. The maximum Gasteiger partial charge on any atom is 0.164 e. The third-order valence-electron chi connectivity index (χ3n) is 12.7. The van der Waals surface area contributed by atoms with Gasteiger partial charge in [0.25, 0.3) is 0 Å². The van der Waals surface area contributed by atoms with E-state index in [9.17, 15) is 9.90 Å². The van der Waals surface area contributed by atoms with Crippen LogP contribution in [0.3, 0.4) is 0 Å². The molecule has 0 unspecified atom stereocenters. The Hall–Kier alpha value is -2.85. The summed E-state index contributed by atoms with van der Waals surface area (Å²) in [5.74, 6) is 0.949. The van der Waals surface area contributed by atoms with Crippen LogP contribution in [-0.2, 0) is 30.3 Å². The zero-order chi connectivity index (χ0) is 38.1. The van der Waals surface area contributed by atoms with Gasteiger partial charge in [-0.3, -0.25) is 9.78 Å². The maximum absolute atomic E-state index is 12.2. The Bertz CT molecular complexity index is 2060. The predicted octanol–water partition coefficient (Wildman–Crippen LogP) is 14.7. The van der Waals surface area contributed by atoms with Crippen molar-refractivity contribution >= 4 is 48.1 Å². The number of nitrogens with zero attached hydrogens (tertiary/aromatic N) is 1. The van der Waals surface area contributed by atoms with Crippen LogP contribution in [0.15, 0.2) is 72.6 Å². The van der Waals surface area contributed by atoms with Crippen molar-refractivity contribution in [2.75, 3.05) is 0 Å². The van der Waals surface area contributed by atoms with Crippen molar-refractivity contribution in [1.29, 1.82) is 0 Å².